The smallest absolute Gasteiger partial charge is 0.135 e. The lowest BCUT2D eigenvalue weighted by Crippen LogP contribution is -2.53. The summed E-state index contributed by atoms with van der Waals surface area (Å²) in [6, 6.07) is 25.4. The van der Waals surface area contributed by atoms with Crippen molar-refractivity contribution in [1.82, 2.24) is 15.0 Å². The fourth-order valence-electron chi connectivity index (χ4n) is 8.36. The lowest BCUT2D eigenvalue weighted by molar-refractivity contribution is 0.337. The largest absolute Gasteiger partial charge is 0.307 e. The van der Waals surface area contributed by atoms with Crippen LogP contribution in [0, 0.1) is 0 Å². The number of rotatable bonds is 6. The average molecular weight is 724 g/mol. The van der Waals surface area contributed by atoms with Gasteiger partial charge in [0.2, 0.25) is 0 Å². The van der Waals surface area contributed by atoms with E-state index < -0.39 is 0 Å². The maximum atomic E-state index is 5.31. The Bertz CT molecular complexity index is 1990. The van der Waals surface area contributed by atoms with Crippen LogP contribution in [0.5, 0.6) is 0 Å². The Morgan fingerprint density at radius 1 is 0.370 bits per heavy atom. The molecule has 3 aliphatic rings. The SMILES string of the molecule is CC1=NC(C)(C)C(C)(C)N1c1cccc(-c2cc(-c3cccc(N4C(C)=NC(C)(C)C4(C)C)n3)cc(-c3cccc(N4C(C)=NC(C)(C)C4(C)C)n3)c2)n1. The summed E-state index contributed by atoms with van der Waals surface area (Å²) in [7, 11) is 0. The third kappa shape index (κ3) is 5.64. The van der Waals surface area contributed by atoms with E-state index in [1.807, 2.05) is 0 Å². The number of hydrogen-bond donors (Lipinski definition) is 0. The van der Waals surface area contributed by atoms with Gasteiger partial charge in [-0.2, -0.15) is 0 Å². The molecule has 6 heterocycles. The molecule has 3 aliphatic heterocycles. The summed E-state index contributed by atoms with van der Waals surface area (Å²) in [6.07, 6.45) is 0. The van der Waals surface area contributed by atoms with Crippen LogP contribution in [0.3, 0.4) is 0 Å². The molecular formula is C45H57N9. The van der Waals surface area contributed by atoms with Crippen molar-refractivity contribution in [2.75, 3.05) is 14.7 Å². The van der Waals surface area contributed by atoms with Gasteiger partial charge in [0.25, 0.3) is 0 Å². The van der Waals surface area contributed by atoms with E-state index in [9.17, 15) is 0 Å². The molecule has 9 nitrogen and oxygen atoms in total. The van der Waals surface area contributed by atoms with E-state index in [4.69, 9.17) is 29.9 Å². The number of anilines is 3. The van der Waals surface area contributed by atoms with Crippen LogP contribution in [-0.2, 0) is 0 Å². The van der Waals surface area contributed by atoms with Gasteiger partial charge in [-0.25, -0.2) is 15.0 Å². The normalized spacial score (nSPS) is 21.6. The molecule has 0 radical (unpaired) electrons. The first kappa shape index (κ1) is 37.4. The number of hydrogen-bond acceptors (Lipinski definition) is 9. The zero-order valence-electron chi connectivity index (χ0n) is 35.0. The number of pyridine rings is 3. The molecule has 0 bridgehead atoms. The standard InChI is InChI=1S/C45H57N9/c1-28-49-40(4,5)43(10,11)52(28)37-22-16-19-34(46-37)31-25-32(35-20-17-23-38(47-35)53-29(2)50-41(6,7)44(53,12)13)27-33(26-31)36-21-18-24-39(48-36)54-30(3)51-42(8,9)45(54,14)15/h16-27H,1-15H3. The Morgan fingerprint density at radius 2 is 0.611 bits per heavy atom. The van der Waals surface area contributed by atoms with Gasteiger partial charge in [-0.15, -0.1) is 0 Å². The minimum absolute atomic E-state index is 0.261. The van der Waals surface area contributed by atoms with E-state index in [-0.39, 0.29) is 33.2 Å². The van der Waals surface area contributed by atoms with Gasteiger partial charge in [0.1, 0.15) is 35.0 Å². The summed E-state index contributed by atoms with van der Waals surface area (Å²) in [4.78, 5) is 37.8. The molecule has 0 aliphatic carbocycles. The molecule has 0 N–H and O–H groups in total. The van der Waals surface area contributed by atoms with Crippen LogP contribution in [0.1, 0.15) is 104 Å². The van der Waals surface area contributed by atoms with Gasteiger partial charge in [-0.1, -0.05) is 18.2 Å². The molecule has 0 spiro atoms. The van der Waals surface area contributed by atoms with Crippen molar-refractivity contribution in [3.8, 4) is 33.8 Å². The first-order chi connectivity index (χ1) is 25.0. The molecule has 3 aromatic heterocycles. The number of amidine groups is 3. The van der Waals surface area contributed by atoms with E-state index in [0.29, 0.717) is 0 Å². The first-order valence-electron chi connectivity index (χ1n) is 19.2. The van der Waals surface area contributed by atoms with Crippen LogP contribution in [-0.4, -0.2) is 65.7 Å². The molecule has 9 heteroatoms. The molecule has 0 fully saturated rings. The minimum Gasteiger partial charge on any atom is -0.307 e. The highest BCUT2D eigenvalue weighted by Gasteiger charge is 2.50. The van der Waals surface area contributed by atoms with Crippen LogP contribution in [0.15, 0.2) is 87.8 Å². The monoisotopic (exact) mass is 723 g/mol. The lowest BCUT2D eigenvalue weighted by Gasteiger charge is -2.40. The van der Waals surface area contributed by atoms with Gasteiger partial charge < -0.3 is 14.7 Å². The molecular weight excluding hydrogens is 667 g/mol. The lowest BCUT2D eigenvalue weighted by atomic mass is 9.83. The fourth-order valence-corrected chi connectivity index (χ4v) is 8.36. The van der Waals surface area contributed by atoms with Crippen molar-refractivity contribution in [1.29, 1.82) is 0 Å². The highest BCUT2D eigenvalue weighted by Crippen LogP contribution is 2.44. The molecule has 54 heavy (non-hydrogen) atoms. The topological polar surface area (TPSA) is 85.5 Å². The number of nitrogens with zero attached hydrogens (tertiary/aromatic N) is 9. The maximum absolute atomic E-state index is 5.31. The van der Waals surface area contributed by atoms with E-state index >= 15 is 0 Å². The van der Waals surface area contributed by atoms with Crippen LogP contribution in [0.4, 0.5) is 17.5 Å². The number of aromatic nitrogens is 3. The number of benzene rings is 1. The molecule has 4 aromatic rings. The van der Waals surface area contributed by atoms with Crippen LogP contribution < -0.4 is 14.7 Å². The van der Waals surface area contributed by atoms with Gasteiger partial charge in [0.15, 0.2) is 0 Å². The molecule has 0 unspecified atom stereocenters. The Morgan fingerprint density at radius 3 is 0.815 bits per heavy atom. The van der Waals surface area contributed by atoms with Crippen LogP contribution in [0.2, 0.25) is 0 Å². The minimum atomic E-state index is -0.264. The Balaban J connectivity index is 1.38. The molecule has 0 atom stereocenters. The van der Waals surface area contributed by atoms with Crippen LogP contribution >= 0.6 is 0 Å². The third-order valence-corrected chi connectivity index (χ3v) is 13.2. The van der Waals surface area contributed by atoms with Gasteiger partial charge in [-0.05, 0) is 158 Å². The highest BCUT2D eigenvalue weighted by atomic mass is 15.4. The Labute approximate surface area is 322 Å². The van der Waals surface area contributed by atoms with Gasteiger partial charge in [0, 0.05) is 16.7 Å². The molecule has 282 valence electrons. The maximum Gasteiger partial charge on any atom is 0.135 e. The second-order valence-corrected chi connectivity index (χ2v) is 18.3. The second-order valence-electron chi connectivity index (χ2n) is 18.3. The Kier molecular flexibility index (Phi) is 8.34. The second kappa shape index (κ2) is 12.0. The highest BCUT2D eigenvalue weighted by molar-refractivity contribution is 6.01. The molecule has 0 saturated carbocycles. The Hall–Kier alpha value is -4.92. The average Bonchev–Trinajstić information content (AvgIpc) is 3.44. The quantitative estimate of drug-likeness (QED) is 0.197. The third-order valence-electron chi connectivity index (χ3n) is 13.2. The zero-order valence-corrected chi connectivity index (χ0v) is 35.0. The van der Waals surface area contributed by atoms with E-state index in [1.165, 1.54) is 0 Å². The van der Waals surface area contributed by atoms with Crippen molar-refractivity contribution in [2.24, 2.45) is 15.0 Å². The molecule has 1 aromatic carbocycles. The zero-order chi connectivity index (χ0) is 39.4. The van der Waals surface area contributed by atoms with Gasteiger partial charge in [0.05, 0.1) is 50.3 Å². The summed E-state index contributed by atoms with van der Waals surface area (Å²) < 4.78 is 0. The summed E-state index contributed by atoms with van der Waals surface area (Å²) in [5.41, 5.74) is 3.97. The first-order valence-corrected chi connectivity index (χ1v) is 19.2. The number of aliphatic imine (C=N–C) groups is 3. The van der Waals surface area contributed by atoms with Crippen molar-refractivity contribution >= 4 is 35.0 Å². The van der Waals surface area contributed by atoms with Gasteiger partial charge in [-0.3, -0.25) is 15.0 Å². The van der Waals surface area contributed by atoms with E-state index in [1.54, 1.807) is 0 Å². The van der Waals surface area contributed by atoms with Crippen molar-refractivity contribution in [2.45, 2.75) is 137 Å². The fraction of sp³-hybridized carbons (Fsp3) is 0.467. The predicted molar refractivity (Wildman–Crippen MR) is 227 cm³/mol. The summed E-state index contributed by atoms with van der Waals surface area (Å²) in [5, 5.41) is 0. The van der Waals surface area contributed by atoms with Crippen LogP contribution in [0.25, 0.3) is 33.8 Å². The van der Waals surface area contributed by atoms with E-state index in [2.05, 4.69) is 191 Å². The summed E-state index contributed by atoms with van der Waals surface area (Å²) in [6.45, 7) is 32.8. The molecule has 0 saturated heterocycles. The summed E-state index contributed by atoms with van der Waals surface area (Å²) >= 11 is 0. The van der Waals surface area contributed by atoms with E-state index in [0.717, 1.165) is 68.7 Å². The van der Waals surface area contributed by atoms with Crippen molar-refractivity contribution in [3.05, 3.63) is 72.8 Å². The molecule has 7 rings (SSSR count). The molecule has 0 amide bonds. The van der Waals surface area contributed by atoms with Crippen molar-refractivity contribution in [3.63, 3.8) is 0 Å². The predicted octanol–water partition coefficient (Wildman–Crippen LogP) is 10.3. The van der Waals surface area contributed by atoms with Crippen molar-refractivity contribution < 1.29 is 0 Å². The van der Waals surface area contributed by atoms with Gasteiger partial charge >= 0.3 is 0 Å². The summed E-state index contributed by atoms with van der Waals surface area (Å²) in [5.74, 6) is 5.51.